The van der Waals surface area contributed by atoms with E-state index in [9.17, 15) is 10.1 Å². The Balaban J connectivity index is 1.55. The third-order valence-corrected chi connectivity index (χ3v) is 6.80. The van der Waals surface area contributed by atoms with Gasteiger partial charge in [-0.1, -0.05) is 24.3 Å². The van der Waals surface area contributed by atoms with Gasteiger partial charge in [0.05, 0.1) is 6.07 Å². The number of aryl methyl sites for hydroxylation is 1. The predicted molar refractivity (Wildman–Crippen MR) is 87.6 cm³/mol. The van der Waals surface area contributed by atoms with Gasteiger partial charge in [0.1, 0.15) is 5.54 Å². The Kier molecular flexibility index (Phi) is 3.23. The van der Waals surface area contributed by atoms with Crippen LogP contribution in [0, 0.1) is 17.2 Å². The van der Waals surface area contributed by atoms with E-state index in [-0.39, 0.29) is 17.2 Å². The normalized spacial score (nSPS) is 35.7. The summed E-state index contributed by atoms with van der Waals surface area (Å²) in [6.45, 7) is 0. The molecule has 0 unspecified atom stereocenters. The van der Waals surface area contributed by atoms with Crippen molar-refractivity contribution in [2.75, 3.05) is 11.5 Å². The fraction of sp³-hybridized carbons (Fsp3) is 0.556. The number of amides is 1. The van der Waals surface area contributed by atoms with Gasteiger partial charge in [-0.25, -0.2) is 0 Å². The van der Waals surface area contributed by atoms with Gasteiger partial charge in [0.25, 0.3) is 0 Å². The van der Waals surface area contributed by atoms with Gasteiger partial charge in [0, 0.05) is 17.1 Å². The Morgan fingerprint density at radius 1 is 1.36 bits per heavy atom. The zero-order chi connectivity index (χ0) is 15.2. The summed E-state index contributed by atoms with van der Waals surface area (Å²) in [5.74, 6) is 1.85. The Hall–Kier alpha value is -1.47. The summed E-state index contributed by atoms with van der Waals surface area (Å²) in [6.07, 6.45) is 5.13. The summed E-state index contributed by atoms with van der Waals surface area (Å²) < 4.78 is 0. The second-order valence-corrected chi connectivity index (χ2v) is 8.01. The van der Waals surface area contributed by atoms with E-state index >= 15 is 0 Å². The van der Waals surface area contributed by atoms with Gasteiger partial charge in [-0.15, -0.1) is 0 Å². The van der Waals surface area contributed by atoms with E-state index in [0.717, 1.165) is 37.2 Å². The molecule has 0 radical (unpaired) electrons. The highest BCUT2D eigenvalue weighted by Crippen LogP contribution is 2.60. The standard InChI is InChI=1S/C18H20N2OS/c19-11-17(8-9-22-12-17)20-16(21)15-10-18(15)7-3-5-13-4-1-2-6-14(13)18/h1-2,4,6,15H,3,5,7-10,12H2,(H,20,21)/t15-,17-,18+/m1/s1. The quantitative estimate of drug-likeness (QED) is 0.913. The van der Waals surface area contributed by atoms with Crippen LogP contribution in [0.25, 0.3) is 0 Å². The van der Waals surface area contributed by atoms with Crippen molar-refractivity contribution in [1.29, 1.82) is 5.26 Å². The number of nitriles is 1. The molecule has 1 spiro atoms. The molecule has 2 fully saturated rings. The largest absolute Gasteiger partial charge is 0.337 e. The van der Waals surface area contributed by atoms with Crippen LogP contribution in [0.3, 0.4) is 0 Å². The molecule has 3 aliphatic rings. The molecular weight excluding hydrogens is 292 g/mol. The molecule has 1 aliphatic heterocycles. The smallest absolute Gasteiger partial charge is 0.225 e. The van der Waals surface area contributed by atoms with Crippen LogP contribution in [-0.2, 0) is 16.6 Å². The highest BCUT2D eigenvalue weighted by Gasteiger charge is 2.60. The molecule has 1 N–H and O–H groups in total. The summed E-state index contributed by atoms with van der Waals surface area (Å²) in [5.41, 5.74) is 2.23. The molecule has 22 heavy (non-hydrogen) atoms. The Labute approximate surface area is 135 Å². The minimum Gasteiger partial charge on any atom is -0.337 e. The van der Waals surface area contributed by atoms with Gasteiger partial charge in [-0.05, 0) is 49.0 Å². The molecule has 4 rings (SSSR count). The van der Waals surface area contributed by atoms with Gasteiger partial charge in [-0.2, -0.15) is 17.0 Å². The summed E-state index contributed by atoms with van der Waals surface area (Å²) in [7, 11) is 0. The SMILES string of the molecule is N#C[C@]1(NC(=O)[C@H]2C[C@]23CCCc2ccccc23)CCSC1. The molecule has 0 aromatic heterocycles. The molecule has 114 valence electrons. The number of benzene rings is 1. The minimum absolute atomic E-state index is 0.0569. The lowest BCUT2D eigenvalue weighted by Crippen LogP contribution is -2.48. The Morgan fingerprint density at radius 2 is 2.23 bits per heavy atom. The van der Waals surface area contributed by atoms with Crippen LogP contribution >= 0.6 is 11.8 Å². The average Bonchev–Trinajstić information content (AvgIpc) is 3.07. The van der Waals surface area contributed by atoms with Crippen LogP contribution in [-0.4, -0.2) is 23.0 Å². The number of hydrogen-bond acceptors (Lipinski definition) is 3. The highest BCUT2D eigenvalue weighted by atomic mass is 32.2. The van der Waals surface area contributed by atoms with Crippen molar-refractivity contribution in [3.05, 3.63) is 35.4 Å². The molecule has 1 amide bonds. The Bertz CT molecular complexity index is 659. The summed E-state index contributed by atoms with van der Waals surface area (Å²) in [6, 6.07) is 10.9. The van der Waals surface area contributed by atoms with E-state index in [2.05, 4.69) is 35.7 Å². The Morgan fingerprint density at radius 3 is 3.00 bits per heavy atom. The number of rotatable bonds is 2. The van der Waals surface area contributed by atoms with E-state index in [0.29, 0.717) is 0 Å². The number of nitrogens with zero attached hydrogens (tertiary/aromatic N) is 1. The van der Waals surface area contributed by atoms with Crippen molar-refractivity contribution in [3.63, 3.8) is 0 Å². The van der Waals surface area contributed by atoms with Crippen LogP contribution in [0.1, 0.15) is 36.8 Å². The predicted octanol–water partition coefficient (Wildman–Crippen LogP) is 2.80. The van der Waals surface area contributed by atoms with Crippen molar-refractivity contribution < 1.29 is 4.79 Å². The first-order valence-electron chi connectivity index (χ1n) is 8.09. The van der Waals surface area contributed by atoms with Crippen molar-refractivity contribution in [1.82, 2.24) is 5.32 Å². The first-order valence-corrected chi connectivity index (χ1v) is 9.24. The topological polar surface area (TPSA) is 52.9 Å². The first kappa shape index (κ1) is 14.1. The van der Waals surface area contributed by atoms with E-state index in [4.69, 9.17) is 0 Å². The maximum atomic E-state index is 12.7. The van der Waals surface area contributed by atoms with Crippen LogP contribution in [0.5, 0.6) is 0 Å². The molecule has 2 aliphatic carbocycles. The van der Waals surface area contributed by atoms with Gasteiger partial charge in [0.2, 0.25) is 5.91 Å². The van der Waals surface area contributed by atoms with Crippen molar-refractivity contribution >= 4 is 17.7 Å². The molecule has 1 saturated heterocycles. The van der Waals surface area contributed by atoms with Crippen molar-refractivity contribution in [2.24, 2.45) is 5.92 Å². The van der Waals surface area contributed by atoms with Crippen LogP contribution < -0.4 is 5.32 Å². The molecular formula is C18H20N2OS. The molecule has 4 heteroatoms. The lowest BCUT2D eigenvalue weighted by atomic mass is 9.78. The fourth-order valence-corrected chi connectivity index (χ4v) is 5.55. The molecule has 1 saturated carbocycles. The highest BCUT2D eigenvalue weighted by molar-refractivity contribution is 7.99. The third-order valence-electron chi connectivity index (χ3n) is 5.61. The van der Waals surface area contributed by atoms with E-state index in [1.807, 2.05) is 0 Å². The lowest BCUT2D eigenvalue weighted by molar-refractivity contribution is -0.124. The number of carbonyl (C=O) groups is 1. The average molecular weight is 312 g/mol. The molecule has 3 atom stereocenters. The summed E-state index contributed by atoms with van der Waals surface area (Å²) in [4.78, 5) is 12.7. The van der Waals surface area contributed by atoms with Crippen LogP contribution in [0.4, 0.5) is 0 Å². The van der Waals surface area contributed by atoms with E-state index in [1.165, 1.54) is 17.5 Å². The van der Waals surface area contributed by atoms with Crippen molar-refractivity contribution in [2.45, 2.75) is 43.1 Å². The molecule has 3 nitrogen and oxygen atoms in total. The number of fused-ring (bicyclic) bond motifs is 2. The summed E-state index contributed by atoms with van der Waals surface area (Å²) >= 11 is 1.76. The molecule has 0 bridgehead atoms. The number of carbonyl (C=O) groups excluding carboxylic acids is 1. The van der Waals surface area contributed by atoms with Gasteiger partial charge in [-0.3, -0.25) is 4.79 Å². The molecule has 1 aromatic rings. The van der Waals surface area contributed by atoms with Gasteiger partial charge in [0.15, 0.2) is 0 Å². The molecule has 1 heterocycles. The van der Waals surface area contributed by atoms with Crippen LogP contribution in [0.2, 0.25) is 0 Å². The van der Waals surface area contributed by atoms with Gasteiger partial charge < -0.3 is 5.32 Å². The maximum Gasteiger partial charge on any atom is 0.225 e. The number of thioether (sulfide) groups is 1. The van der Waals surface area contributed by atoms with E-state index < -0.39 is 5.54 Å². The summed E-state index contributed by atoms with van der Waals surface area (Å²) in [5, 5.41) is 12.5. The van der Waals surface area contributed by atoms with Crippen molar-refractivity contribution in [3.8, 4) is 6.07 Å². The minimum atomic E-state index is -0.625. The van der Waals surface area contributed by atoms with Gasteiger partial charge >= 0.3 is 0 Å². The second kappa shape index (κ2) is 5.03. The molecule has 1 aromatic carbocycles. The fourth-order valence-electron chi connectivity index (χ4n) is 4.28. The van der Waals surface area contributed by atoms with E-state index in [1.54, 1.807) is 11.8 Å². The monoisotopic (exact) mass is 312 g/mol. The third kappa shape index (κ3) is 2.06. The number of nitrogens with one attached hydrogen (secondary N) is 1. The second-order valence-electron chi connectivity index (χ2n) is 6.91. The lowest BCUT2D eigenvalue weighted by Gasteiger charge is -2.27. The van der Waals surface area contributed by atoms with Crippen LogP contribution in [0.15, 0.2) is 24.3 Å². The maximum absolute atomic E-state index is 12.7. The zero-order valence-electron chi connectivity index (χ0n) is 12.6. The first-order chi connectivity index (χ1) is 10.7. The number of hydrogen-bond donors (Lipinski definition) is 1. The zero-order valence-corrected chi connectivity index (χ0v) is 13.4.